The molecular weight excluding hydrogens is 340 g/mol. The first-order chi connectivity index (χ1) is 13.0. The lowest BCUT2D eigenvalue weighted by Crippen LogP contribution is -2.47. The molecule has 0 spiro atoms. The SMILES string of the molecule is Cc1cccc(O[C@H](C)C(=O)NNC(=O)c2ccc3ccccc3c2)c1C. The van der Waals surface area contributed by atoms with Crippen molar-refractivity contribution in [3.05, 3.63) is 77.4 Å². The van der Waals surface area contributed by atoms with Crippen LogP contribution in [0, 0.1) is 13.8 Å². The van der Waals surface area contributed by atoms with Crippen LogP contribution in [-0.2, 0) is 4.79 Å². The molecule has 2 amide bonds. The Bertz CT molecular complexity index is 998. The van der Waals surface area contributed by atoms with E-state index in [0.29, 0.717) is 11.3 Å². The van der Waals surface area contributed by atoms with Crippen molar-refractivity contribution in [2.24, 2.45) is 0 Å². The summed E-state index contributed by atoms with van der Waals surface area (Å²) >= 11 is 0. The molecule has 3 rings (SSSR count). The number of nitrogens with one attached hydrogen (secondary N) is 2. The van der Waals surface area contributed by atoms with Crippen molar-refractivity contribution in [2.45, 2.75) is 26.9 Å². The van der Waals surface area contributed by atoms with Crippen LogP contribution >= 0.6 is 0 Å². The molecule has 0 bridgehead atoms. The lowest BCUT2D eigenvalue weighted by atomic mass is 10.1. The minimum Gasteiger partial charge on any atom is -0.481 e. The minimum atomic E-state index is -0.748. The Hall–Kier alpha value is -3.34. The van der Waals surface area contributed by atoms with Crippen molar-refractivity contribution in [1.82, 2.24) is 10.9 Å². The first-order valence-corrected chi connectivity index (χ1v) is 8.77. The molecule has 0 heterocycles. The van der Waals surface area contributed by atoms with Crippen molar-refractivity contribution in [3.63, 3.8) is 0 Å². The van der Waals surface area contributed by atoms with E-state index in [4.69, 9.17) is 4.74 Å². The fourth-order valence-corrected chi connectivity index (χ4v) is 2.72. The van der Waals surface area contributed by atoms with E-state index in [2.05, 4.69) is 10.9 Å². The lowest BCUT2D eigenvalue weighted by molar-refractivity contribution is -0.128. The largest absolute Gasteiger partial charge is 0.481 e. The van der Waals surface area contributed by atoms with Gasteiger partial charge >= 0.3 is 0 Å². The molecule has 0 aliphatic heterocycles. The van der Waals surface area contributed by atoms with Crippen LogP contribution in [0.5, 0.6) is 5.75 Å². The maximum Gasteiger partial charge on any atom is 0.279 e. The molecular formula is C22H22N2O3. The number of carbonyl (C=O) groups excluding carboxylic acids is 2. The highest BCUT2D eigenvalue weighted by atomic mass is 16.5. The van der Waals surface area contributed by atoms with Crippen LogP contribution in [-0.4, -0.2) is 17.9 Å². The molecule has 2 N–H and O–H groups in total. The molecule has 138 valence electrons. The molecule has 0 saturated heterocycles. The summed E-state index contributed by atoms with van der Waals surface area (Å²) in [5.41, 5.74) is 7.40. The van der Waals surface area contributed by atoms with Crippen LogP contribution in [0.15, 0.2) is 60.7 Å². The van der Waals surface area contributed by atoms with Crippen molar-refractivity contribution >= 4 is 22.6 Å². The van der Waals surface area contributed by atoms with E-state index in [-0.39, 0.29) is 5.91 Å². The van der Waals surface area contributed by atoms with Gasteiger partial charge in [-0.1, -0.05) is 42.5 Å². The normalized spacial score (nSPS) is 11.7. The number of hydrogen-bond donors (Lipinski definition) is 2. The Morgan fingerprint density at radius 2 is 1.63 bits per heavy atom. The highest BCUT2D eigenvalue weighted by molar-refractivity contribution is 5.99. The fraction of sp³-hybridized carbons (Fsp3) is 0.182. The summed E-state index contributed by atoms with van der Waals surface area (Å²) in [6, 6.07) is 18.8. The number of rotatable bonds is 4. The first kappa shape index (κ1) is 18.5. The number of amides is 2. The summed E-state index contributed by atoms with van der Waals surface area (Å²) < 4.78 is 5.72. The van der Waals surface area contributed by atoms with Gasteiger partial charge in [-0.05, 0) is 60.9 Å². The lowest BCUT2D eigenvalue weighted by Gasteiger charge is -2.17. The predicted molar refractivity (Wildman–Crippen MR) is 106 cm³/mol. The average Bonchev–Trinajstić information content (AvgIpc) is 2.68. The van der Waals surface area contributed by atoms with Crippen LogP contribution in [0.2, 0.25) is 0 Å². The molecule has 0 radical (unpaired) electrons. The monoisotopic (exact) mass is 362 g/mol. The maximum absolute atomic E-state index is 12.3. The van der Waals surface area contributed by atoms with Crippen molar-refractivity contribution in [3.8, 4) is 5.75 Å². The van der Waals surface area contributed by atoms with Gasteiger partial charge in [0.15, 0.2) is 6.10 Å². The Labute approximate surface area is 158 Å². The van der Waals surface area contributed by atoms with E-state index in [1.807, 2.05) is 62.4 Å². The standard InChI is InChI=1S/C22H22N2O3/c1-14-7-6-10-20(15(14)2)27-16(3)21(25)23-24-22(26)19-12-11-17-8-4-5-9-18(17)13-19/h4-13,16H,1-3H3,(H,23,25)(H,24,26)/t16-/m1/s1. The Morgan fingerprint density at radius 1 is 0.889 bits per heavy atom. The summed E-state index contributed by atoms with van der Waals surface area (Å²) in [6.45, 7) is 5.56. The van der Waals surface area contributed by atoms with Gasteiger partial charge in [-0.25, -0.2) is 0 Å². The van der Waals surface area contributed by atoms with Crippen LogP contribution < -0.4 is 15.6 Å². The number of carbonyl (C=O) groups is 2. The molecule has 1 atom stereocenters. The van der Waals surface area contributed by atoms with Crippen molar-refractivity contribution in [2.75, 3.05) is 0 Å². The summed E-state index contributed by atoms with van der Waals surface area (Å²) in [7, 11) is 0. The van der Waals surface area contributed by atoms with Gasteiger partial charge in [0.2, 0.25) is 0 Å². The van der Waals surface area contributed by atoms with E-state index in [1.54, 1.807) is 19.1 Å². The third-order valence-corrected chi connectivity index (χ3v) is 4.54. The minimum absolute atomic E-state index is 0.381. The molecule has 0 saturated carbocycles. The van der Waals surface area contributed by atoms with E-state index < -0.39 is 12.0 Å². The number of hydrogen-bond acceptors (Lipinski definition) is 3. The highest BCUT2D eigenvalue weighted by Gasteiger charge is 2.17. The zero-order chi connectivity index (χ0) is 19.4. The third-order valence-electron chi connectivity index (χ3n) is 4.54. The van der Waals surface area contributed by atoms with Crippen LogP contribution in [0.1, 0.15) is 28.4 Å². The van der Waals surface area contributed by atoms with Gasteiger partial charge < -0.3 is 4.74 Å². The topological polar surface area (TPSA) is 67.4 Å². The second-order valence-corrected chi connectivity index (χ2v) is 6.46. The summed E-state index contributed by atoms with van der Waals surface area (Å²) in [4.78, 5) is 24.5. The summed E-state index contributed by atoms with van der Waals surface area (Å²) in [5, 5.41) is 2.01. The number of ether oxygens (including phenoxy) is 1. The average molecular weight is 362 g/mol. The Morgan fingerprint density at radius 3 is 2.41 bits per heavy atom. The fourth-order valence-electron chi connectivity index (χ4n) is 2.72. The zero-order valence-electron chi connectivity index (χ0n) is 15.6. The number of fused-ring (bicyclic) bond motifs is 1. The van der Waals surface area contributed by atoms with E-state index in [1.165, 1.54) is 0 Å². The van der Waals surface area contributed by atoms with E-state index >= 15 is 0 Å². The Balaban J connectivity index is 1.60. The van der Waals surface area contributed by atoms with Gasteiger partial charge in [0, 0.05) is 5.56 Å². The molecule has 0 aliphatic carbocycles. The Kier molecular flexibility index (Phi) is 5.41. The van der Waals surface area contributed by atoms with Crippen LogP contribution in [0.3, 0.4) is 0 Å². The van der Waals surface area contributed by atoms with E-state index in [0.717, 1.165) is 21.9 Å². The van der Waals surface area contributed by atoms with Gasteiger partial charge in [-0.15, -0.1) is 0 Å². The van der Waals surface area contributed by atoms with Crippen molar-refractivity contribution in [1.29, 1.82) is 0 Å². The molecule has 0 aromatic heterocycles. The molecule has 3 aromatic carbocycles. The number of benzene rings is 3. The maximum atomic E-state index is 12.3. The first-order valence-electron chi connectivity index (χ1n) is 8.77. The molecule has 0 fully saturated rings. The molecule has 3 aromatic rings. The molecule has 0 aliphatic rings. The third kappa shape index (κ3) is 4.26. The zero-order valence-corrected chi connectivity index (χ0v) is 15.6. The van der Waals surface area contributed by atoms with Gasteiger partial charge in [-0.2, -0.15) is 0 Å². The molecule has 27 heavy (non-hydrogen) atoms. The van der Waals surface area contributed by atoms with Crippen molar-refractivity contribution < 1.29 is 14.3 Å². The molecule has 5 heteroatoms. The number of aryl methyl sites for hydroxylation is 1. The smallest absolute Gasteiger partial charge is 0.279 e. The van der Waals surface area contributed by atoms with Crippen LogP contribution in [0.25, 0.3) is 10.8 Å². The summed E-state index contributed by atoms with van der Waals surface area (Å²) in [6.07, 6.45) is -0.748. The predicted octanol–water partition coefficient (Wildman–Crippen LogP) is 3.69. The number of hydrazine groups is 1. The van der Waals surface area contributed by atoms with Gasteiger partial charge in [0.05, 0.1) is 0 Å². The second-order valence-electron chi connectivity index (χ2n) is 6.46. The van der Waals surface area contributed by atoms with Gasteiger partial charge in [0.1, 0.15) is 5.75 Å². The van der Waals surface area contributed by atoms with E-state index in [9.17, 15) is 9.59 Å². The summed E-state index contributed by atoms with van der Waals surface area (Å²) in [5.74, 6) is -0.156. The highest BCUT2D eigenvalue weighted by Crippen LogP contribution is 2.21. The van der Waals surface area contributed by atoms with Gasteiger partial charge in [-0.3, -0.25) is 20.4 Å². The molecule has 5 nitrogen and oxygen atoms in total. The second kappa shape index (κ2) is 7.91. The molecule has 0 unspecified atom stereocenters. The quantitative estimate of drug-likeness (QED) is 0.696. The van der Waals surface area contributed by atoms with Crippen LogP contribution in [0.4, 0.5) is 0 Å². The van der Waals surface area contributed by atoms with Gasteiger partial charge in [0.25, 0.3) is 11.8 Å².